The molecule has 14 heteroatoms. The molecule has 306 valence electrons. The molecule has 10 nitrogen and oxygen atoms in total. The van der Waals surface area contributed by atoms with Gasteiger partial charge in [0.25, 0.3) is 3.79 Å². The zero-order valence-corrected chi connectivity index (χ0v) is 36.0. The van der Waals surface area contributed by atoms with Crippen LogP contribution < -0.4 is 0 Å². The first-order valence-corrected chi connectivity index (χ1v) is 22.8. The Hall–Kier alpha value is -2.36. The smallest absolute Gasteiger partial charge is 0.265 e. The van der Waals surface area contributed by atoms with Crippen molar-refractivity contribution in [3.63, 3.8) is 0 Å². The highest BCUT2D eigenvalue weighted by molar-refractivity contribution is 6.76. The highest BCUT2D eigenvalue weighted by Gasteiger charge is 2.50. The lowest BCUT2D eigenvalue weighted by molar-refractivity contribution is -0.339. The predicted octanol–water partition coefficient (Wildman–Crippen LogP) is 9.17. The number of ether oxygens (including phenoxy) is 8. The lowest BCUT2D eigenvalue weighted by atomic mass is 9.97. The van der Waals surface area contributed by atoms with Gasteiger partial charge in [-0.2, -0.15) is 0 Å². The van der Waals surface area contributed by atoms with Crippen LogP contribution in [0.15, 0.2) is 103 Å². The molecule has 0 spiro atoms. The van der Waals surface area contributed by atoms with Crippen molar-refractivity contribution in [3.05, 3.63) is 120 Å². The van der Waals surface area contributed by atoms with Crippen LogP contribution in [0.25, 0.3) is 0 Å². The molecule has 1 N–H and O–H groups in total. The van der Waals surface area contributed by atoms with Crippen molar-refractivity contribution in [3.8, 4) is 0 Å². The Kier molecular flexibility index (Phi) is 16.4. The molecule has 0 unspecified atom stereocenters. The summed E-state index contributed by atoms with van der Waals surface area (Å²) in [4.78, 5) is 0. The standard InChI is InChI=1S/C42H54Cl3NO9Si/c1-41(2,3)56(5,6)51-28-33-32(54-40(46)42(43,44)45)22-23-35(52-33)55-36-34(27-48-24-29-16-10-7-11-17-29)53-39(47-4)38(50-26-31-20-14-9-15-21-31)37(36)49-25-30-18-12-8-13-19-30/h7-23,32-39,46H,24-28H2,1-6H3/t32-,33-,34-,35-,36-,37+,38-,39+/m1/s1. The van der Waals surface area contributed by atoms with Gasteiger partial charge in [-0.25, -0.2) is 0 Å². The van der Waals surface area contributed by atoms with Gasteiger partial charge in [0.05, 0.1) is 33.0 Å². The maximum absolute atomic E-state index is 8.29. The van der Waals surface area contributed by atoms with Gasteiger partial charge < -0.3 is 42.3 Å². The van der Waals surface area contributed by atoms with E-state index >= 15 is 0 Å². The second-order valence-electron chi connectivity index (χ2n) is 15.3. The summed E-state index contributed by atoms with van der Waals surface area (Å²) in [7, 11) is -0.666. The topological polar surface area (TPSA) is 107 Å². The maximum Gasteiger partial charge on any atom is 0.265 e. The summed E-state index contributed by atoms with van der Waals surface area (Å²) >= 11 is 18.0. The monoisotopic (exact) mass is 849 g/mol. The Balaban J connectivity index is 1.45. The van der Waals surface area contributed by atoms with Gasteiger partial charge >= 0.3 is 0 Å². The molecule has 0 saturated carbocycles. The van der Waals surface area contributed by atoms with Crippen molar-refractivity contribution in [2.24, 2.45) is 0 Å². The van der Waals surface area contributed by atoms with Crippen LogP contribution in [-0.2, 0) is 62.1 Å². The van der Waals surface area contributed by atoms with E-state index in [1.165, 1.54) is 0 Å². The molecule has 8 atom stereocenters. The van der Waals surface area contributed by atoms with E-state index in [0.717, 1.165) is 16.7 Å². The number of nitrogens with one attached hydrogen (secondary N) is 1. The second kappa shape index (κ2) is 20.6. The largest absolute Gasteiger partial charge is 0.468 e. The van der Waals surface area contributed by atoms with Crippen LogP contribution >= 0.6 is 34.8 Å². The highest BCUT2D eigenvalue weighted by Crippen LogP contribution is 2.38. The first-order chi connectivity index (χ1) is 26.6. The first-order valence-electron chi connectivity index (χ1n) is 18.7. The van der Waals surface area contributed by atoms with E-state index in [-0.39, 0.29) is 31.5 Å². The summed E-state index contributed by atoms with van der Waals surface area (Å²) in [6, 6.07) is 29.6. The first kappa shape index (κ1) is 44.7. The molecular formula is C42H54Cl3NO9Si. The molecule has 3 aromatic rings. The van der Waals surface area contributed by atoms with Crippen LogP contribution in [0.3, 0.4) is 0 Å². The van der Waals surface area contributed by atoms with Gasteiger partial charge in [0.15, 0.2) is 20.9 Å². The maximum atomic E-state index is 8.29. The van der Waals surface area contributed by atoms with Crippen LogP contribution in [0.1, 0.15) is 37.5 Å². The van der Waals surface area contributed by atoms with E-state index in [1.807, 2.05) is 91.0 Å². The van der Waals surface area contributed by atoms with E-state index in [1.54, 1.807) is 19.3 Å². The highest BCUT2D eigenvalue weighted by atomic mass is 35.6. The van der Waals surface area contributed by atoms with Crippen LogP contribution in [0.2, 0.25) is 18.1 Å². The van der Waals surface area contributed by atoms with Gasteiger partial charge in [-0.1, -0.05) is 147 Å². The molecule has 1 fully saturated rings. The predicted molar refractivity (Wildman–Crippen MR) is 221 cm³/mol. The number of methoxy groups -OCH3 is 1. The van der Waals surface area contributed by atoms with Crippen molar-refractivity contribution >= 4 is 49.0 Å². The van der Waals surface area contributed by atoms with Gasteiger partial charge in [0.1, 0.15) is 36.6 Å². The lowest BCUT2D eigenvalue weighted by Crippen LogP contribution is -2.62. The minimum atomic E-state index is -2.25. The Morgan fingerprint density at radius 2 is 1.23 bits per heavy atom. The van der Waals surface area contributed by atoms with Gasteiger partial charge in [-0.05, 0) is 47.0 Å². The minimum absolute atomic E-state index is 0.0730. The molecule has 0 aliphatic carbocycles. The summed E-state index contributed by atoms with van der Waals surface area (Å²) in [6.45, 7) is 12.0. The molecular weight excluding hydrogens is 797 g/mol. The van der Waals surface area contributed by atoms with Crippen molar-refractivity contribution < 1.29 is 42.3 Å². The molecule has 0 bridgehead atoms. The summed E-state index contributed by atoms with van der Waals surface area (Å²) in [6.07, 6.45) is -2.72. The molecule has 0 aromatic heterocycles. The Bertz CT molecular complexity index is 1660. The van der Waals surface area contributed by atoms with E-state index in [2.05, 4.69) is 33.9 Å². The molecule has 2 aliphatic heterocycles. The number of rotatable bonds is 17. The number of hydrogen-bond acceptors (Lipinski definition) is 10. The summed E-state index contributed by atoms with van der Waals surface area (Å²) in [5.41, 5.74) is 2.96. The third-order valence-corrected chi connectivity index (χ3v) is 15.2. The third kappa shape index (κ3) is 12.8. The van der Waals surface area contributed by atoms with E-state index < -0.39 is 67.2 Å². The molecule has 0 amide bonds. The lowest BCUT2D eigenvalue weighted by Gasteiger charge is -2.46. The average molecular weight is 851 g/mol. The van der Waals surface area contributed by atoms with Gasteiger partial charge in [0, 0.05) is 7.11 Å². The molecule has 5 rings (SSSR count). The van der Waals surface area contributed by atoms with Gasteiger partial charge in [-0.15, -0.1) is 0 Å². The van der Waals surface area contributed by atoms with Crippen LogP contribution in [0.5, 0.6) is 0 Å². The fourth-order valence-electron chi connectivity index (χ4n) is 5.94. The van der Waals surface area contributed by atoms with Crippen LogP contribution in [0.4, 0.5) is 0 Å². The Morgan fingerprint density at radius 1 is 0.696 bits per heavy atom. The Labute approximate surface area is 347 Å². The summed E-state index contributed by atoms with van der Waals surface area (Å²) < 4.78 is 56.0. The van der Waals surface area contributed by atoms with Crippen LogP contribution in [-0.4, -0.2) is 87.5 Å². The number of benzene rings is 3. The summed E-state index contributed by atoms with van der Waals surface area (Å²) in [5, 5.41) is 8.22. The van der Waals surface area contributed by atoms with E-state index in [4.69, 9.17) is 82.5 Å². The number of hydrogen-bond donors (Lipinski definition) is 1. The zero-order valence-electron chi connectivity index (χ0n) is 32.8. The molecule has 2 heterocycles. The zero-order chi connectivity index (χ0) is 40.3. The summed E-state index contributed by atoms with van der Waals surface area (Å²) in [5.74, 6) is -0.535. The van der Waals surface area contributed by atoms with Crippen molar-refractivity contribution in [2.45, 2.75) is 112 Å². The minimum Gasteiger partial charge on any atom is -0.468 e. The Morgan fingerprint density at radius 3 is 1.75 bits per heavy atom. The van der Waals surface area contributed by atoms with E-state index in [0.29, 0.717) is 6.61 Å². The second-order valence-corrected chi connectivity index (χ2v) is 22.4. The molecule has 3 aromatic carbocycles. The SMILES string of the molecule is CO[C@H]1O[C@H](COCc2ccccc2)[C@@H](O[C@@H]2C=C[C@@H](OC(=N)C(Cl)(Cl)Cl)[C@@H](CO[Si](C)(C)C(C)(C)C)O2)[C@H](OCc2ccccc2)[C@H]1OCc1ccccc1. The number of halogens is 3. The van der Waals surface area contributed by atoms with Gasteiger partial charge in [-0.3, -0.25) is 5.41 Å². The molecule has 56 heavy (non-hydrogen) atoms. The van der Waals surface area contributed by atoms with Gasteiger partial charge in [0.2, 0.25) is 5.90 Å². The van der Waals surface area contributed by atoms with Crippen molar-refractivity contribution in [1.82, 2.24) is 0 Å². The van der Waals surface area contributed by atoms with Crippen molar-refractivity contribution in [1.29, 1.82) is 5.41 Å². The molecule has 2 aliphatic rings. The quantitative estimate of drug-likeness (QED) is 0.0468. The van der Waals surface area contributed by atoms with Crippen LogP contribution in [0, 0.1) is 5.41 Å². The fourth-order valence-corrected chi connectivity index (χ4v) is 7.09. The normalized spacial score (nSPS) is 25.9. The molecule has 0 radical (unpaired) electrons. The fraction of sp³-hybridized carbons (Fsp3) is 0.500. The van der Waals surface area contributed by atoms with E-state index in [9.17, 15) is 0 Å². The van der Waals surface area contributed by atoms with Crippen molar-refractivity contribution in [2.75, 3.05) is 20.3 Å². The third-order valence-electron chi connectivity index (χ3n) is 10.1. The number of alkyl halides is 3. The average Bonchev–Trinajstić information content (AvgIpc) is 3.17. The molecule has 1 saturated heterocycles.